The van der Waals surface area contributed by atoms with Gasteiger partial charge in [-0.15, -0.1) is 0 Å². The molecule has 0 aromatic heterocycles. The maximum absolute atomic E-state index is 11.9. The van der Waals surface area contributed by atoms with E-state index in [9.17, 15) is 17.7 Å². The Balaban J connectivity index is 4.60. The quantitative estimate of drug-likeness (QED) is 0.426. The number of halogens is 4. The lowest BCUT2D eigenvalue weighted by Crippen LogP contribution is -2.17. The third-order valence-electron chi connectivity index (χ3n) is 1.03. The van der Waals surface area contributed by atoms with Crippen molar-refractivity contribution in [3.05, 3.63) is 0 Å². The van der Waals surface area contributed by atoms with Crippen LogP contribution in [0, 0.1) is 0 Å². The molecule has 0 fully saturated rings. The monoisotopic (exact) mass is 283 g/mol. The second kappa shape index (κ2) is 6.44. The average Bonchev–Trinajstić information content (AvgIpc) is 2.13. The van der Waals surface area contributed by atoms with Crippen LogP contribution >= 0.6 is 19.4 Å². The van der Waals surface area contributed by atoms with Crippen LogP contribution in [0.4, 0.5) is 13.2 Å². The minimum Gasteiger partial charge on any atom is -0.291 e. The Morgan fingerprint density at radius 2 is 1.75 bits per heavy atom. The van der Waals surface area contributed by atoms with Gasteiger partial charge in [-0.25, -0.2) is 4.57 Å². The summed E-state index contributed by atoms with van der Waals surface area (Å²) in [6, 6.07) is 0. The number of rotatable bonds is 6. The number of hydrogen-bond acceptors (Lipinski definition) is 5. The van der Waals surface area contributed by atoms with Gasteiger partial charge >= 0.3 is 14.0 Å². The van der Waals surface area contributed by atoms with Crippen molar-refractivity contribution in [1.82, 2.24) is 0 Å². The second-order valence-electron chi connectivity index (χ2n) is 2.24. The SMILES string of the molecule is CCOP(=O)(OCC)O/N=C(\Cl)C(F)(F)F. The zero-order chi connectivity index (χ0) is 12.8. The Labute approximate surface area is 95.1 Å². The second-order valence-corrected chi connectivity index (χ2v) is 4.18. The molecule has 0 aromatic carbocycles. The molecule has 0 saturated heterocycles. The van der Waals surface area contributed by atoms with Crippen molar-refractivity contribution in [2.45, 2.75) is 20.0 Å². The molecule has 0 bridgehead atoms. The Bertz CT molecular complexity index is 286. The number of phosphoric acid groups is 1. The van der Waals surface area contributed by atoms with Gasteiger partial charge in [0.05, 0.1) is 13.2 Å². The van der Waals surface area contributed by atoms with Crippen molar-refractivity contribution in [2.24, 2.45) is 5.16 Å². The molecule has 0 spiro atoms. The van der Waals surface area contributed by atoms with Crippen molar-refractivity contribution < 1.29 is 31.4 Å². The Morgan fingerprint density at radius 1 is 1.31 bits per heavy atom. The maximum atomic E-state index is 11.9. The smallest absolute Gasteiger partial charge is 0.291 e. The molecule has 0 unspecified atom stereocenters. The summed E-state index contributed by atoms with van der Waals surface area (Å²) >= 11 is 4.73. The van der Waals surface area contributed by atoms with E-state index in [-0.39, 0.29) is 13.2 Å². The van der Waals surface area contributed by atoms with Gasteiger partial charge < -0.3 is 0 Å². The first kappa shape index (κ1) is 15.7. The zero-order valence-corrected chi connectivity index (χ0v) is 10.1. The predicted octanol–water partition coefficient (Wildman–Crippen LogP) is 3.30. The van der Waals surface area contributed by atoms with E-state index in [4.69, 9.17) is 11.6 Å². The molecular weight excluding hydrogens is 273 g/mol. The molecule has 0 aliphatic rings. The van der Waals surface area contributed by atoms with E-state index in [1.165, 1.54) is 13.8 Å². The molecule has 96 valence electrons. The molecule has 0 radical (unpaired) electrons. The fourth-order valence-corrected chi connectivity index (χ4v) is 1.60. The van der Waals surface area contributed by atoms with E-state index in [0.717, 1.165) is 0 Å². The molecule has 0 aromatic rings. The van der Waals surface area contributed by atoms with Crippen molar-refractivity contribution in [3.63, 3.8) is 0 Å². The van der Waals surface area contributed by atoms with Gasteiger partial charge in [0, 0.05) is 0 Å². The lowest BCUT2D eigenvalue weighted by atomic mass is 10.7. The lowest BCUT2D eigenvalue weighted by molar-refractivity contribution is -0.0578. The van der Waals surface area contributed by atoms with Crippen molar-refractivity contribution in [1.29, 1.82) is 0 Å². The highest BCUT2D eigenvalue weighted by Gasteiger charge is 2.37. The molecule has 0 rings (SSSR count). The minimum absolute atomic E-state index is 0.0730. The van der Waals surface area contributed by atoms with Crippen LogP contribution < -0.4 is 0 Å². The first-order valence-electron chi connectivity index (χ1n) is 4.13. The third-order valence-corrected chi connectivity index (χ3v) is 2.74. The molecule has 0 aliphatic heterocycles. The standard InChI is InChI=1S/C6H10ClF3NO4P/c1-3-13-16(12,14-4-2)15-11-5(7)6(8,9)10/h3-4H2,1-2H3/b11-5-. The van der Waals surface area contributed by atoms with Crippen LogP contribution in [0.1, 0.15) is 13.8 Å². The Morgan fingerprint density at radius 3 is 2.06 bits per heavy atom. The normalized spacial score (nSPS) is 14.0. The molecule has 0 saturated carbocycles. The lowest BCUT2D eigenvalue weighted by Gasteiger charge is -2.13. The van der Waals surface area contributed by atoms with Gasteiger partial charge in [-0.05, 0) is 13.8 Å². The summed E-state index contributed by atoms with van der Waals surface area (Å²) in [5.74, 6) is 0. The maximum Gasteiger partial charge on any atom is 0.550 e. The van der Waals surface area contributed by atoms with E-state index >= 15 is 0 Å². The van der Waals surface area contributed by atoms with Gasteiger partial charge in [-0.1, -0.05) is 16.8 Å². The molecule has 5 nitrogen and oxygen atoms in total. The molecule has 0 aliphatic carbocycles. The van der Waals surface area contributed by atoms with Crippen LogP contribution in [0.2, 0.25) is 0 Å². The molecule has 0 amide bonds. The fourth-order valence-electron chi connectivity index (χ4n) is 0.538. The van der Waals surface area contributed by atoms with Crippen LogP contribution in [-0.2, 0) is 18.2 Å². The van der Waals surface area contributed by atoms with Gasteiger partial charge in [0.2, 0.25) is 5.17 Å². The summed E-state index contributed by atoms with van der Waals surface area (Å²) in [5.41, 5.74) is 0. The highest BCUT2D eigenvalue weighted by molar-refractivity contribution is 7.48. The molecule has 0 N–H and O–H groups in total. The number of nitrogens with zero attached hydrogens (tertiary/aromatic N) is 1. The summed E-state index contributed by atoms with van der Waals surface area (Å²) in [7, 11) is -4.11. The predicted molar refractivity (Wildman–Crippen MR) is 51.3 cm³/mol. The van der Waals surface area contributed by atoms with Crippen molar-refractivity contribution in [3.8, 4) is 0 Å². The Kier molecular flexibility index (Phi) is 6.32. The molecule has 0 heterocycles. The highest BCUT2D eigenvalue weighted by Crippen LogP contribution is 2.49. The summed E-state index contributed by atoms with van der Waals surface area (Å²) in [6.07, 6.45) is -4.87. The summed E-state index contributed by atoms with van der Waals surface area (Å²) < 4.78 is 60.2. The largest absolute Gasteiger partial charge is 0.550 e. The van der Waals surface area contributed by atoms with E-state index in [1.807, 2.05) is 0 Å². The molecule has 16 heavy (non-hydrogen) atoms. The van der Waals surface area contributed by atoms with E-state index in [0.29, 0.717) is 0 Å². The topological polar surface area (TPSA) is 57.1 Å². The van der Waals surface area contributed by atoms with Gasteiger partial charge in [-0.3, -0.25) is 13.7 Å². The average molecular weight is 284 g/mol. The number of alkyl halides is 3. The summed E-state index contributed by atoms with van der Waals surface area (Å²) in [5, 5.41) is 0.650. The molecule has 10 heteroatoms. The van der Waals surface area contributed by atoms with Crippen LogP contribution in [0.15, 0.2) is 5.16 Å². The van der Waals surface area contributed by atoms with Crippen LogP contribution in [0.3, 0.4) is 0 Å². The van der Waals surface area contributed by atoms with E-state index < -0.39 is 19.2 Å². The van der Waals surface area contributed by atoms with E-state index in [1.54, 1.807) is 0 Å². The number of phosphoric ester groups is 1. The van der Waals surface area contributed by atoms with Crippen molar-refractivity contribution >= 4 is 24.6 Å². The van der Waals surface area contributed by atoms with Crippen LogP contribution in [0.25, 0.3) is 0 Å². The molecule has 0 atom stereocenters. The van der Waals surface area contributed by atoms with Crippen LogP contribution in [0.5, 0.6) is 0 Å². The summed E-state index contributed by atoms with van der Waals surface area (Å²) in [6.45, 7) is 2.78. The zero-order valence-electron chi connectivity index (χ0n) is 8.45. The van der Waals surface area contributed by atoms with Gasteiger partial charge in [0.25, 0.3) is 0 Å². The van der Waals surface area contributed by atoms with E-state index in [2.05, 4.69) is 18.8 Å². The first-order valence-corrected chi connectivity index (χ1v) is 5.97. The minimum atomic E-state index is -4.87. The van der Waals surface area contributed by atoms with Gasteiger partial charge in [0.1, 0.15) is 0 Å². The van der Waals surface area contributed by atoms with Gasteiger partial charge in [0.15, 0.2) is 0 Å². The summed E-state index contributed by atoms with van der Waals surface area (Å²) in [4.78, 5) is 0. The van der Waals surface area contributed by atoms with Crippen molar-refractivity contribution in [2.75, 3.05) is 13.2 Å². The number of oxime groups is 1. The van der Waals surface area contributed by atoms with Gasteiger partial charge in [-0.2, -0.15) is 13.2 Å². The highest BCUT2D eigenvalue weighted by atomic mass is 35.5. The van der Waals surface area contributed by atoms with Crippen LogP contribution in [-0.4, -0.2) is 24.6 Å². The molecular formula is C6H10ClF3NO4P. The first-order chi connectivity index (χ1) is 7.25. The fraction of sp³-hybridized carbons (Fsp3) is 0.833. The Hall–Kier alpha value is -0.300. The number of hydrogen-bond donors (Lipinski definition) is 0. The third kappa shape index (κ3) is 5.69.